The number of ether oxygens (including phenoxy) is 2. The Morgan fingerprint density at radius 2 is 1.79 bits per heavy atom. The van der Waals surface area contributed by atoms with Gasteiger partial charge in [-0.25, -0.2) is 17.4 Å². The molecule has 0 saturated carbocycles. The van der Waals surface area contributed by atoms with E-state index in [2.05, 4.69) is 10.3 Å². The minimum Gasteiger partial charge on any atom is -0.382 e. The van der Waals surface area contributed by atoms with E-state index in [-0.39, 0.29) is 24.1 Å². The molecule has 0 aliphatic heterocycles. The molecule has 0 amide bonds. The van der Waals surface area contributed by atoms with Crippen LogP contribution in [0.15, 0.2) is 76.4 Å². The Morgan fingerprint density at radius 3 is 2.44 bits per heavy atom. The summed E-state index contributed by atoms with van der Waals surface area (Å²) in [6.07, 6.45) is 3.54. The van der Waals surface area contributed by atoms with Crippen molar-refractivity contribution in [2.24, 2.45) is 0 Å². The average Bonchev–Trinajstić information content (AvgIpc) is 3.50. The van der Waals surface area contributed by atoms with Crippen LogP contribution in [0.3, 0.4) is 0 Å². The molecule has 0 aliphatic rings. The van der Waals surface area contributed by atoms with Gasteiger partial charge in [0.05, 0.1) is 29.5 Å². The molecule has 2 heterocycles. The van der Waals surface area contributed by atoms with Crippen molar-refractivity contribution in [3.63, 3.8) is 0 Å². The van der Waals surface area contributed by atoms with Crippen molar-refractivity contribution >= 4 is 15.9 Å². The molecule has 4 rings (SSSR count). The first-order valence-electron chi connectivity index (χ1n) is 10.6. The molecule has 178 valence electrons. The highest BCUT2D eigenvalue weighted by molar-refractivity contribution is 7.93. The van der Waals surface area contributed by atoms with Gasteiger partial charge < -0.3 is 14.0 Å². The Balaban J connectivity index is 1.73. The second-order valence-electron chi connectivity index (χ2n) is 7.58. The molecule has 9 nitrogen and oxygen atoms in total. The van der Waals surface area contributed by atoms with Crippen molar-refractivity contribution in [2.75, 3.05) is 31.4 Å². The lowest BCUT2D eigenvalue weighted by molar-refractivity contribution is 0.0744. The summed E-state index contributed by atoms with van der Waals surface area (Å²) in [5, 5.41) is 8.16. The van der Waals surface area contributed by atoms with Crippen LogP contribution in [0.2, 0.25) is 0 Å². The van der Waals surface area contributed by atoms with Crippen LogP contribution in [0, 0.1) is 13.8 Å². The Morgan fingerprint density at radius 1 is 1.03 bits per heavy atom. The van der Waals surface area contributed by atoms with Crippen molar-refractivity contribution in [3.8, 4) is 16.8 Å². The highest BCUT2D eigenvalue weighted by atomic mass is 32.2. The second kappa shape index (κ2) is 10.2. The maximum absolute atomic E-state index is 13.9. The molecule has 0 radical (unpaired) electrons. The lowest BCUT2D eigenvalue weighted by atomic mass is 10.1. The average molecular weight is 483 g/mol. The van der Waals surface area contributed by atoms with E-state index >= 15 is 0 Å². The van der Waals surface area contributed by atoms with Crippen molar-refractivity contribution < 1.29 is 22.4 Å². The zero-order chi connectivity index (χ0) is 24.1. The van der Waals surface area contributed by atoms with Crippen LogP contribution in [0.4, 0.5) is 5.88 Å². The third-order valence-corrected chi connectivity index (χ3v) is 7.17. The molecular weight excluding hydrogens is 456 g/mol. The van der Waals surface area contributed by atoms with E-state index in [1.54, 1.807) is 56.1 Å². The smallest absolute Gasteiger partial charge is 0.269 e. The van der Waals surface area contributed by atoms with E-state index in [4.69, 9.17) is 14.0 Å². The number of benzene rings is 2. The van der Waals surface area contributed by atoms with Crippen LogP contribution in [-0.2, 0) is 19.5 Å². The predicted octanol–water partition coefficient (Wildman–Crippen LogP) is 3.96. The summed E-state index contributed by atoms with van der Waals surface area (Å²) in [5.74, 6) is 0.124. The molecule has 0 saturated heterocycles. The SMILES string of the molecule is COCCOCN(c1onc(C)c1C)S(=O)(=O)c1ccccc1-c1ccc(-n2cccn2)cc1. The number of sulfonamides is 1. The van der Waals surface area contributed by atoms with Crippen molar-refractivity contribution in [3.05, 3.63) is 78.2 Å². The van der Waals surface area contributed by atoms with Gasteiger partial charge in [-0.15, -0.1) is 0 Å². The Bertz CT molecular complexity index is 1330. The van der Waals surface area contributed by atoms with E-state index in [0.29, 0.717) is 23.4 Å². The van der Waals surface area contributed by atoms with Crippen molar-refractivity contribution in [1.82, 2.24) is 14.9 Å². The fraction of sp³-hybridized carbons (Fsp3) is 0.250. The molecule has 0 N–H and O–H groups in total. The van der Waals surface area contributed by atoms with Crippen LogP contribution in [0.5, 0.6) is 0 Å². The van der Waals surface area contributed by atoms with Crippen molar-refractivity contribution in [1.29, 1.82) is 0 Å². The summed E-state index contributed by atoms with van der Waals surface area (Å²) in [6, 6.07) is 16.2. The lowest BCUT2D eigenvalue weighted by Gasteiger charge is -2.23. The summed E-state index contributed by atoms with van der Waals surface area (Å²) in [6.45, 7) is 3.84. The molecular formula is C24H26N4O5S. The first-order valence-corrected chi connectivity index (χ1v) is 12.1. The van der Waals surface area contributed by atoms with E-state index in [1.807, 2.05) is 36.5 Å². The van der Waals surface area contributed by atoms with Crippen LogP contribution < -0.4 is 4.31 Å². The summed E-state index contributed by atoms with van der Waals surface area (Å²) < 4.78 is 46.7. The molecule has 0 fully saturated rings. The highest BCUT2D eigenvalue weighted by Crippen LogP contribution is 2.34. The number of nitrogens with zero attached hydrogens (tertiary/aromatic N) is 4. The Hall–Kier alpha value is -3.47. The van der Waals surface area contributed by atoms with Gasteiger partial charge in [-0.3, -0.25) is 0 Å². The third-order valence-electron chi connectivity index (χ3n) is 5.40. The number of hydrogen-bond donors (Lipinski definition) is 0. The summed E-state index contributed by atoms with van der Waals surface area (Å²) in [7, 11) is -2.52. The lowest BCUT2D eigenvalue weighted by Crippen LogP contribution is -2.34. The monoisotopic (exact) mass is 482 g/mol. The van der Waals surface area contributed by atoms with E-state index in [1.165, 1.54) is 0 Å². The molecule has 2 aromatic heterocycles. The van der Waals surface area contributed by atoms with Gasteiger partial charge in [0, 0.05) is 30.6 Å². The first-order chi connectivity index (χ1) is 16.4. The summed E-state index contributed by atoms with van der Waals surface area (Å²) in [4.78, 5) is 0.130. The van der Waals surface area contributed by atoms with E-state index < -0.39 is 10.0 Å². The van der Waals surface area contributed by atoms with Gasteiger partial charge in [0.15, 0.2) is 0 Å². The van der Waals surface area contributed by atoms with E-state index in [9.17, 15) is 8.42 Å². The van der Waals surface area contributed by atoms with Gasteiger partial charge in [0.2, 0.25) is 5.88 Å². The first kappa shape index (κ1) is 23.7. The quantitative estimate of drug-likeness (QED) is 0.249. The normalized spacial score (nSPS) is 11.6. The number of methoxy groups -OCH3 is 1. The van der Waals surface area contributed by atoms with Gasteiger partial charge in [0.25, 0.3) is 10.0 Å². The minimum absolute atomic E-state index is 0.124. The third kappa shape index (κ3) is 4.74. The van der Waals surface area contributed by atoms with Gasteiger partial charge in [0.1, 0.15) is 6.73 Å². The van der Waals surface area contributed by atoms with Crippen LogP contribution in [0.1, 0.15) is 11.3 Å². The van der Waals surface area contributed by atoms with Gasteiger partial charge in [-0.2, -0.15) is 5.10 Å². The number of aryl methyl sites for hydroxylation is 1. The van der Waals surface area contributed by atoms with E-state index in [0.717, 1.165) is 15.6 Å². The fourth-order valence-corrected chi connectivity index (χ4v) is 4.98. The largest absolute Gasteiger partial charge is 0.382 e. The number of rotatable bonds is 10. The molecule has 0 aliphatic carbocycles. The molecule has 0 spiro atoms. The maximum atomic E-state index is 13.9. The van der Waals surface area contributed by atoms with Crippen LogP contribution in [-0.4, -0.2) is 50.4 Å². The topological polar surface area (TPSA) is 99.7 Å². The molecule has 0 unspecified atom stereocenters. The minimum atomic E-state index is -4.07. The Kier molecular flexibility index (Phi) is 7.11. The zero-order valence-corrected chi connectivity index (χ0v) is 20.0. The van der Waals surface area contributed by atoms with Gasteiger partial charge in [-0.05, 0) is 43.7 Å². The number of hydrogen-bond acceptors (Lipinski definition) is 7. The van der Waals surface area contributed by atoms with Gasteiger partial charge >= 0.3 is 0 Å². The maximum Gasteiger partial charge on any atom is 0.269 e. The molecule has 0 bridgehead atoms. The predicted molar refractivity (Wildman–Crippen MR) is 127 cm³/mol. The summed E-state index contributed by atoms with van der Waals surface area (Å²) in [5.41, 5.74) is 3.41. The second-order valence-corrected chi connectivity index (χ2v) is 9.41. The number of aromatic nitrogens is 3. The number of anilines is 1. The molecule has 2 aromatic carbocycles. The van der Waals surface area contributed by atoms with Gasteiger partial charge in [-0.1, -0.05) is 35.5 Å². The summed E-state index contributed by atoms with van der Waals surface area (Å²) >= 11 is 0. The Labute approximate surface area is 198 Å². The zero-order valence-electron chi connectivity index (χ0n) is 19.2. The standard InChI is InChI=1S/C24H26N4O5S/c1-18-19(2)26-33-24(18)28(17-32-16-15-31-3)34(29,30)23-8-5-4-7-22(23)20-9-11-21(12-10-20)27-14-6-13-25-27/h4-14H,15-17H2,1-3H3. The van der Waals surface area contributed by atoms with Crippen molar-refractivity contribution in [2.45, 2.75) is 18.7 Å². The molecule has 4 aromatic rings. The molecule has 34 heavy (non-hydrogen) atoms. The van der Waals surface area contributed by atoms with Crippen LogP contribution in [0.25, 0.3) is 16.8 Å². The fourth-order valence-electron chi connectivity index (χ4n) is 3.43. The van der Waals surface area contributed by atoms with Crippen LogP contribution >= 0.6 is 0 Å². The highest BCUT2D eigenvalue weighted by Gasteiger charge is 2.32. The molecule has 0 atom stereocenters. The molecule has 10 heteroatoms.